The lowest BCUT2D eigenvalue weighted by Crippen LogP contribution is -2.50. The van der Waals surface area contributed by atoms with E-state index >= 15 is 0 Å². The summed E-state index contributed by atoms with van der Waals surface area (Å²) in [5.74, 6) is 0.430. The fraction of sp³-hybridized carbons (Fsp3) is 0.438. The first-order valence-electron chi connectivity index (χ1n) is 6.86. The van der Waals surface area contributed by atoms with E-state index in [2.05, 4.69) is 0 Å². The first kappa shape index (κ1) is 15.1. The third kappa shape index (κ3) is 2.36. The van der Waals surface area contributed by atoms with Gasteiger partial charge in [-0.3, -0.25) is 9.69 Å². The number of rotatable bonds is 5. The lowest BCUT2D eigenvalue weighted by molar-refractivity contribution is 0.0628. The second-order valence-electron chi connectivity index (χ2n) is 5.26. The summed E-state index contributed by atoms with van der Waals surface area (Å²) in [5, 5.41) is 1.50. The van der Waals surface area contributed by atoms with E-state index in [-0.39, 0.29) is 5.78 Å². The second kappa shape index (κ2) is 5.58. The number of carbonyl (C=O) groups is 1. The minimum absolute atomic E-state index is 0.0276. The molecule has 0 bridgehead atoms. The van der Waals surface area contributed by atoms with Gasteiger partial charge >= 0.3 is 0 Å². The van der Waals surface area contributed by atoms with E-state index in [1.54, 1.807) is 18.2 Å². The molecule has 0 saturated carbocycles. The Hall–Kier alpha value is -1.32. The summed E-state index contributed by atoms with van der Waals surface area (Å²) in [6.07, 6.45) is 1.49. The zero-order chi connectivity index (χ0) is 14.9. The number of likely N-dealkylation sites (N-methyl/N-ethyl adjacent to an activating group) is 1. The molecule has 1 heterocycles. The molecule has 2 aromatic rings. The SMILES string of the molecule is CCC(CC)(C(=O)c1cc2cc(Cl)ccc2o1)N(C)C. The van der Waals surface area contributed by atoms with Crippen molar-refractivity contribution in [1.29, 1.82) is 0 Å². The zero-order valence-electron chi connectivity index (χ0n) is 12.4. The van der Waals surface area contributed by atoms with Gasteiger partial charge in [0.15, 0.2) is 5.76 Å². The van der Waals surface area contributed by atoms with Crippen LogP contribution in [-0.4, -0.2) is 30.3 Å². The Morgan fingerprint density at radius 3 is 2.45 bits per heavy atom. The second-order valence-corrected chi connectivity index (χ2v) is 5.69. The Balaban J connectivity index is 2.49. The van der Waals surface area contributed by atoms with Crippen molar-refractivity contribution in [2.24, 2.45) is 0 Å². The molecule has 3 nitrogen and oxygen atoms in total. The summed E-state index contributed by atoms with van der Waals surface area (Å²) in [5.41, 5.74) is 0.176. The van der Waals surface area contributed by atoms with Gasteiger partial charge in [0.05, 0.1) is 5.54 Å². The number of hydrogen-bond donors (Lipinski definition) is 0. The summed E-state index contributed by atoms with van der Waals surface area (Å²) >= 11 is 5.97. The molecule has 1 aromatic carbocycles. The molecule has 0 atom stereocenters. The summed E-state index contributed by atoms with van der Waals surface area (Å²) < 4.78 is 5.71. The Kier molecular flexibility index (Phi) is 4.21. The number of benzene rings is 1. The Morgan fingerprint density at radius 2 is 1.90 bits per heavy atom. The molecular weight excluding hydrogens is 274 g/mol. The fourth-order valence-electron chi connectivity index (χ4n) is 2.76. The highest BCUT2D eigenvalue weighted by molar-refractivity contribution is 6.31. The van der Waals surface area contributed by atoms with Gasteiger partial charge in [0.25, 0.3) is 0 Å². The van der Waals surface area contributed by atoms with Gasteiger partial charge in [-0.15, -0.1) is 0 Å². The standard InChI is InChI=1S/C16H20ClNO2/c1-5-16(6-2,18(3)4)15(19)14-10-11-9-12(17)7-8-13(11)20-14/h7-10H,5-6H2,1-4H3. The molecule has 0 aliphatic carbocycles. The van der Waals surface area contributed by atoms with Crippen LogP contribution in [0.3, 0.4) is 0 Å². The molecule has 0 spiro atoms. The van der Waals surface area contributed by atoms with E-state index in [0.29, 0.717) is 16.4 Å². The number of halogens is 1. The average molecular weight is 294 g/mol. The summed E-state index contributed by atoms with van der Waals surface area (Å²) in [6.45, 7) is 4.06. The maximum Gasteiger partial charge on any atom is 0.218 e. The van der Waals surface area contributed by atoms with Crippen molar-refractivity contribution in [3.8, 4) is 0 Å². The van der Waals surface area contributed by atoms with E-state index in [1.165, 1.54) is 0 Å². The summed E-state index contributed by atoms with van der Waals surface area (Å²) in [4.78, 5) is 14.8. The number of hydrogen-bond acceptors (Lipinski definition) is 3. The van der Waals surface area contributed by atoms with Crippen molar-refractivity contribution in [2.45, 2.75) is 32.2 Å². The van der Waals surface area contributed by atoms with E-state index in [1.807, 2.05) is 38.9 Å². The molecule has 4 heteroatoms. The molecule has 0 amide bonds. The van der Waals surface area contributed by atoms with Gasteiger partial charge in [0.1, 0.15) is 5.58 Å². The van der Waals surface area contributed by atoms with Gasteiger partial charge < -0.3 is 4.42 Å². The van der Waals surface area contributed by atoms with Crippen molar-refractivity contribution in [3.05, 3.63) is 35.0 Å². The lowest BCUT2D eigenvalue weighted by atomic mass is 9.85. The number of fused-ring (bicyclic) bond motifs is 1. The zero-order valence-corrected chi connectivity index (χ0v) is 13.1. The van der Waals surface area contributed by atoms with Crippen molar-refractivity contribution < 1.29 is 9.21 Å². The molecule has 0 unspecified atom stereocenters. The number of ketones is 1. The average Bonchev–Trinajstić information content (AvgIpc) is 2.83. The molecule has 0 radical (unpaired) electrons. The van der Waals surface area contributed by atoms with Gasteiger partial charge in [0.2, 0.25) is 5.78 Å². The Bertz CT molecular complexity index is 626. The number of nitrogens with zero attached hydrogens (tertiary/aromatic N) is 1. The number of carbonyl (C=O) groups excluding carboxylic acids is 1. The molecule has 108 valence electrons. The first-order valence-corrected chi connectivity index (χ1v) is 7.23. The van der Waals surface area contributed by atoms with Gasteiger partial charge in [-0.25, -0.2) is 0 Å². The van der Waals surface area contributed by atoms with Crippen LogP contribution in [0.2, 0.25) is 5.02 Å². The number of Topliss-reactive ketones (excluding diaryl/α,β-unsaturated/α-hetero) is 1. The van der Waals surface area contributed by atoms with Crippen LogP contribution in [-0.2, 0) is 0 Å². The molecule has 0 fully saturated rings. The van der Waals surface area contributed by atoms with Crippen LogP contribution < -0.4 is 0 Å². The Morgan fingerprint density at radius 1 is 1.25 bits per heavy atom. The van der Waals surface area contributed by atoms with E-state index < -0.39 is 5.54 Å². The van der Waals surface area contributed by atoms with Gasteiger partial charge in [-0.1, -0.05) is 25.4 Å². The van der Waals surface area contributed by atoms with E-state index in [0.717, 1.165) is 18.2 Å². The quantitative estimate of drug-likeness (QED) is 0.767. The minimum atomic E-state index is -0.516. The van der Waals surface area contributed by atoms with Crippen molar-refractivity contribution in [3.63, 3.8) is 0 Å². The topological polar surface area (TPSA) is 33.5 Å². The van der Waals surface area contributed by atoms with Gasteiger partial charge in [0, 0.05) is 10.4 Å². The maximum absolute atomic E-state index is 12.9. The van der Waals surface area contributed by atoms with Crippen LogP contribution in [0.25, 0.3) is 11.0 Å². The smallest absolute Gasteiger partial charge is 0.218 e. The predicted octanol–water partition coefficient (Wildman–Crippen LogP) is 4.39. The van der Waals surface area contributed by atoms with Crippen LogP contribution in [0.4, 0.5) is 0 Å². The van der Waals surface area contributed by atoms with Crippen LogP contribution in [0.15, 0.2) is 28.7 Å². The summed E-state index contributed by atoms with van der Waals surface area (Å²) in [7, 11) is 3.87. The van der Waals surface area contributed by atoms with Crippen molar-refractivity contribution in [1.82, 2.24) is 4.90 Å². The molecular formula is C16H20ClNO2. The first-order chi connectivity index (χ1) is 9.44. The van der Waals surface area contributed by atoms with Crippen LogP contribution in [0.5, 0.6) is 0 Å². The molecule has 1 aromatic heterocycles. The molecule has 20 heavy (non-hydrogen) atoms. The van der Waals surface area contributed by atoms with Gasteiger partial charge in [-0.05, 0) is 51.2 Å². The van der Waals surface area contributed by atoms with E-state index in [4.69, 9.17) is 16.0 Å². The van der Waals surface area contributed by atoms with Crippen LogP contribution in [0.1, 0.15) is 37.2 Å². The third-order valence-corrected chi connectivity index (χ3v) is 4.39. The summed E-state index contributed by atoms with van der Waals surface area (Å²) in [6, 6.07) is 7.16. The number of furan rings is 1. The molecule has 0 aliphatic rings. The Labute approximate surface area is 124 Å². The monoisotopic (exact) mass is 293 g/mol. The molecule has 0 saturated heterocycles. The minimum Gasteiger partial charge on any atom is -0.453 e. The van der Waals surface area contributed by atoms with Gasteiger partial charge in [-0.2, -0.15) is 0 Å². The largest absolute Gasteiger partial charge is 0.453 e. The van der Waals surface area contributed by atoms with E-state index in [9.17, 15) is 4.79 Å². The van der Waals surface area contributed by atoms with Crippen LogP contribution in [0, 0.1) is 0 Å². The fourth-order valence-corrected chi connectivity index (χ4v) is 2.94. The van der Waals surface area contributed by atoms with Crippen molar-refractivity contribution in [2.75, 3.05) is 14.1 Å². The molecule has 0 aliphatic heterocycles. The highest BCUT2D eigenvalue weighted by Gasteiger charge is 2.39. The molecule has 2 rings (SSSR count). The van der Waals surface area contributed by atoms with Crippen molar-refractivity contribution >= 4 is 28.4 Å². The predicted molar refractivity (Wildman–Crippen MR) is 82.6 cm³/mol. The highest BCUT2D eigenvalue weighted by atomic mass is 35.5. The molecule has 0 N–H and O–H groups in total. The lowest BCUT2D eigenvalue weighted by Gasteiger charge is -2.36. The maximum atomic E-state index is 12.9. The third-order valence-electron chi connectivity index (χ3n) is 4.15. The van der Waals surface area contributed by atoms with Crippen LogP contribution >= 0.6 is 11.6 Å². The highest BCUT2D eigenvalue weighted by Crippen LogP contribution is 2.30. The normalized spacial score (nSPS) is 12.3.